The Hall–Kier alpha value is -2.34. The average Bonchev–Trinajstić information content (AvgIpc) is 2.47. The van der Waals surface area contributed by atoms with Crippen molar-refractivity contribution in [2.75, 3.05) is 31.4 Å². The predicted octanol–water partition coefficient (Wildman–Crippen LogP) is 2.77. The van der Waals surface area contributed by atoms with Crippen LogP contribution in [-0.2, 0) is 0 Å². The molecule has 6 nitrogen and oxygen atoms in total. The van der Waals surface area contributed by atoms with Crippen LogP contribution in [0.4, 0.5) is 11.6 Å². The van der Waals surface area contributed by atoms with Crippen LogP contribution in [0.25, 0.3) is 0 Å². The summed E-state index contributed by atoms with van der Waals surface area (Å²) >= 11 is 6.04. The molecule has 7 heteroatoms. The number of carbonyl (C=O) groups excluding carboxylic acids is 1. The lowest BCUT2D eigenvalue weighted by Gasteiger charge is -2.12. The van der Waals surface area contributed by atoms with Gasteiger partial charge in [0.15, 0.2) is 0 Å². The highest BCUT2D eigenvalue weighted by Crippen LogP contribution is 2.27. The van der Waals surface area contributed by atoms with Crippen LogP contribution in [0.3, 0.4) is 0 Å². The van der Waals surface area contributed by atoms with E-state index in [4.69, 9.17) is 16.3 Å². The molecule has 1 aromatic heterocycles. The van der Waals surface area contributed by atoms with E-state index in [9.17, 15) is 4.79 Å². The van der Waals surface area contributed by atoms with Gasteiger partial charge in [-0.1, -0.05) is 11.6 Å². The second-order valence-corrected chi connectivity index (χ2v) is 5.27. The summed E-state index contributed by atoms with van der Waals surface area (Å²) in [4.78, 5) is 22.5. The first-order valence-electron chi connectivity index (χ1n) is 6.58. The number of amides is 1. The lowest BCUT2D eigenvalue weighted by molar-refractivity contribution is 0.102. The Morgan fingerprint density at radius 3 is 2.64 bits per heavy atom. The van der Waals surface area contributed by atoms with Crippen LogP contribution in [0.1, 0.15) is 16.1 Å². The summed E-state index contributed by atoms with van der Waals surface area (Å²) in [5.41, 5.74) is 1.60. The van der Waals surface area contributed by atoms with Crippen LogP contribution in [0.5, 0.6) is 5.75 Å². The Balaban J connectivity index is 2.20. The second kappa shape index (κ2) is 6.62. The van der Waals surface area contributed by atoms with Gasteiger partial charge in [-0.25, -0.2) is 9.97 Å². The molecule has 0 fully saturated rings. The van der Waals surface area contributed by atoms with Gasteiger partial charge in [-0.15, -0.1) is 0 Å². The number of hydrogen-bond donors (Lipinski definition) is 1. The molecule has 2 aromatic rings. The largest absolute Gasteiger partial charge is 0.495 e. The molecule has 1 heterocycles. The van der Waals surface area contributed by atoms with Crippen LogP contribution in [0, 0.1) is 6.92 Å². The van der Waals surface area contributed by atoms with E-state index in [0.29, 0.717) is 33.7 Å². The molecule has 0 spiro atoms. The molecular formula is C15H17ClN4O2. The van der Waals surface area contributed by atoms with Gasteiger partial charge in [0.05, 0.1) is 23.4 Å². The fraction of sp³-hybridized carbons (Fsp3) is 0.267. The third kappa shape index (κ3) is 3.46. The molecule has 0 aliphatic carbocycles. The van der Waals surface area contributed by atoms with Crippen LogP contribution in [0.2, 0.25) is 5.02 Å². The number of nitrogens with zero attached hydrogens (tertiary/aromatic N) is 3. The molecule has 116 valence electrons. The van der Waals surface area contributed by atoms with Crippen molar-refractivity contribution < 1.29 is 9.53 Å². The number of nitrogens with one attached hydrogen (secondary N) is 1. The normalized spacial score (nSPS) is 10.2. The maximum absolute atomic E-state index is 12.3. The molecule has 0 saturated heterocycles. The van der Waals surface area contributed by atoms with Crippen molar-refractivity contribution in [2.24, 2.45) is 0 Å². The van der Waals surface area contributed by atoms with Crippen molar-refractivity contribution in [2.45, 2.75) is 6.92 Å². The SMILES string of the molecule is COc1ccc(NC(=O)c2cnc(N(C)C)nc2C)cc1Cl. The lowest BCUT2D eigenvalue weighted by atomic mass is 10.2. The molecule has 0 unspecified atom stereocenters. The zero-order valence-electron chi connectivity index (χ0n) is 12.8. The van der Waals surface area contributed by atoms with E-state index in [1.165, 1.54) is 13.3 Å². The predicted molar refractivity (Wildman–Crippen MR) is 87.1 cm³/mol. The van der Waals surface area contributed by atoms with Gasteiger partial charge < -0.3 is 15.0 Å². The Kier molecular flexibility index (Phi) is 4.82. The summed E-state index contributed by atoms with van der Waals surface area (Å²) in [5, 5.41) is 3.19. The average molecular weight is 321 g/mol. The van der Waals surface area contributed by atoms with Gasteiger partial charge in [0, 0.05) is 26.0 Å². The molecule has 22 heavy (non-hydrogen) atoms. The third-order valence-electron chi connectivity index (χ3n) is 3.02. The van der Waals surface area contributed by atoms with Crippen LogP contribution in [0.15, 0.2) is 24.4 Å². The Morgan fingerprint density at radius 1 is 1.36 bits per heavy atom. The maximum Gasteiger partial charge on any atom is 0.259 e. The van der Waals surface area contributed by atoms with E-state index in [1.807, 2.05) is 14.1 Å². The molecule has 2 rings (SSSR count). The van der Waals surface area contributed by atoms with E-state index >= 15 is 0 Å². The van der Waals surface area contributed by atoms with Crippen LogP contribution < -0.4 is 15.0 Å². The fourth-order valence-electron chi connectivity index (χ4n) is 1.84. The molecule has 0 atom stereocenters. The summed E-state index contributed by atoms with van der Waals surface area (Å²) in [6.07, 6.45) is 1.51. The van der Waals surface area contributed by atoms with E-state index < -0.39 is 0 Å². The first-order valence-corrected chi connectivity index (χ1v) is 6.96. The monoisotopic (exact) mass is 320 g/mol. The van der Waals surface area contributed by atoms with Crippen molar-refractivity contribution in [3.63, 3.8) is 0 Å². The summed E-state index contributed by atoms with van der Waals surface area (Å²) in [6, 6.07) is 5.03. The van der Waals surface area contributed by atoms with E-state index in [-0.39, 0.29) is 5.91 Å². The highest BCUT2D eigenvalue weighted by Gasteiger charge is 2.13. The summed E-state index contributed by atoms with van der Waals surface area (Å²) < 4.78 is 5.07. The molecule has 0 aliphatic heterocycles. The minimum atomic E-state index is -0.288. The number of anilines is 2. The second-order valence-electron chi connectivity index (χ2n) is 4.87. The molecule has 0 bridgehead atoms. The highest BCUT2D eigenvalue weighted by molar-refractivity contribution is 6.32. The number of hydrogen-bond acceptors (Lipinski definition) is 5. The smallest absolute Gasteiger partial charge is 0.259 e. The number of halogens is 1. The number of aromatic nitrogens is 2. The molecule has 0 aliphatic rings. The molecular weight excluding hydrogens is 304 g/mol. The van der Waals surface area contributed by atoms with E-state index in [0.717, 1.165) is 0 Å². The first kappa shape index (κ1) is 16.0. The fourth-order valence-corrected chi connectivity index (χ4v) is 2.09. The Bertz CT molecular complexity index is 704. The standard InChI is InChI=1S/C15H17ClN4O2/c1-9-11(8-17-15(18-9)20(2)3)14(21)19-10-5-6-13(22-4)12(16)7-10/h5-8H,1-4H3,(H,19,21). The number of ether oxygens (including phenoxy) is 1. The molecule has 1 N–H and O–H groups in total. The zero-order chi connectivity index (χ0) is 16.3. The number of benzene rings is 1. The number of carbonyl (C=O) groups is 1. The van der Waals surface area contributed by atoms with Gasteiger partial charge in [0.25, 0.3) is 5.91 Å². The van der Waals surface area contributed by atoms with Crippen molar-refractivity contribution in [1.29, 1.82) is 0 Å². The zero-order valence-corrected chi connectivity index (χ0v) is 13.6. The van der Waals surface area contributed by atoms with Crippen molar-refractivity contribution in [3.8, 4) is 5.75 Å². The highest BCUT2D eigenvalue weighted by atomic mass is 35.5. The third-order valence-corrected chi connectivity index (χ3v) is 3.32. The van der Waals surface area contributed by atoms with Gasteiger partial charge in [0.2, 0.25) is 5.95 Å². The van der Waals surface area contributed by atoms with E-state index in [2.05, 4.69) is 15.3 Å². The topological polar surface area (TPSA) is 67.3 Å². The Labute approximate surface area is 134 Å². The van der Waals surface area contributed by atoms with E-state index in [1.54, 1.807) is 30.0 Å². The van der Waals surface area contributed by atoms with Crippen molar-refractivity contribution >= 4 is 29.1 Å². The van der Waals surface area contributed by atoms with Crippen LogP contribution in [-0.4, -0.2) is 37.1 Å². The van der Waals surface area contributed by atoms with Gasteiger partial charge in [0.1, 0.15) is 5.75 Å². The molecule has 1 amide bonds. The number of rotatable bonds is 4. The quantitative estimate of drug-likeness (QED) is 0.938. The minimum absolute atomic E-state index is 0.288. The molecule has 1 aromatic carbocycles. The Morgan fingerprint density at radius 2 is 2.09 bits per heavy atom. The summed E-state index contributed by atoms with van der Waals surface area (Å²) in [5.74, 6) is 0.820. The summed E-state index contributed by atoms with van der Waals surface area (Å²) in [6.45, 7) is 1.77. The lowest BCUT2D eigenvalue weighted by Crippen LogP contribution is -2.18. The first-order chi connectivity index (χ1) is 10.4. The minimum Gasteiger partial charge on any atom is -0.495 e. The molecule has 0 saturated carbocycles. The number of methoxy groups -OCH3 is 1. The van der Waals surface area contributed by atoms with Gasteiger partial charge >= 0.3 is 0 Å². The van der Waals surface area contributed by atoms with Crippen molar-refractivity contribution in [1.82, 2.24) is 9.97 Å². The molecule has 0 radical (unpaired) electrons. The van der Waals surface area contributed by atoms with Crippen molar-refractivity contribution in [3.05, 3.63) is 40.7 Å². The number of aryl methyl sites for hydroxylation is 1. The maximum atomic E-state index is 12.3. The van der Waals surface area contributed by atoms with Gasteiger partial charge in [-0.05, 0) is 25.1 Å². The van der Waals surface area contributed by atoms with Crippen LogP contribution >= 0.6 is 11.6 Å². The summed E-state index contributed by atoms with van der Waals surface area (Å²) in [7, 11) is 5.22. The van der Waals surface area contributed by atoms with Gasteiger partial charge in [-0.3, -0.25) is 4.79 Å². The van der Waals surface area contributed by atoms with Gasteiger partial charge in [-0.2, -0.15) is 0 Å².